The summed E-state index contributed by atoms with van der Waals surface area (Å²) >= 11 is 0. The number of amides is 1. The van der Waals surface area contributed by atoms with Crippen LogP contribution < -0.4 is 5.32 Å². The van der Waals surface area contributed by atoms with Crippen molar-refractivity contribution in [3.05, 3.63) is 36.2 Å². The number of rotatable bonds is 2. The van der Waals surface area contributed by atoms with Crippen molar-refractivity contribution in [1.82, 2.24) is 20.2 Å². The van der Waals surface area contributed by atoms with Crippen LogP contribution in [0.2, 0.25) is 0 Å². The van der Waals surface area contributed by atoms with Crippen molar-refractivity contribution in [1.29, 1.82) is 0 Å². The molecule has 1 N–H and O–H groups in total. The van der Waals surface area contributed by atoms with Crippen LogP contribution >= 0.6 is 24.8 Å². The van der Waals surface area contributed by atoms with Gasteiger partial charge in [-0.2, -0.15) is 0 Å². The fourth-order valence-corrected chi connectivity index (χ4v) is 2.40. The Hall–Kier alpha value is -1.43. The number of hydrogen-bond acceptors (Lipinski definition) is 4. The smallest absolute Gasteiger partial charge is 0.274 e. The molecule has 0 radical (unpaired) electrons. The van der Waals surface area contributed by atoms with Gasteiger partial charge in [0.25, 0.3) is 5.91 Å². The Balaban J connectivity index is 0.00000110. The van der Waals surface area contributed by atoms with Crippen LogP contribution in [0.3, 0.4) is 0 Å². The summed E-state index contributed by atoms with van der Waals surface area (Å²) in [7, 11) is 1.93. The molecule has 5 nitrogen and oxygen atoms in total. The van der Waals surface area contributed by atoms with E-state index in [-0.39, 0.29) is 30.7 Å². The topological polar surface area (TPSA) is 58.1 Å². The number of nitrogens with zero attached hydrogens (tertiary/aromatic N) is 3. The molecule has 0 bridgehead atoms. The van der Waals surface area contributed by atoms with Gasteiger partial charge in [-0.05, 0) is 25.6 Å². The average Bonchev–Trinajstić information content (AvgIpc) is 2.95. The van der Waals surface area contributed by atoms with Crippen molar-refractivity contribution in [3.8, 4) is 0 Å². The third-order valence-electron chi connectivity index (χ3n) is 3.55. The zero-order chi connectivity index (χ0) is 13.2. The maximum absolute atomic E-state index is 12.3. The maximum atomic E-state index is 12.3. The minimum absolute atomic E-state index is 0. The summed E-state index contributed by atoms with van der Waals surface area (Å²) in [6.45, 7) is 1.52. The van der Waals surface area contributed by atoms with Gasteiger partial charge in [0.05, 0.1) is 17.2 Å². The normalized spacial score (nSPS) is 17.2. The van der Waals surface area contributed by atoms with Gasteiger partial charge in [0.1, 0.15) is 5.69 Å². The number of benzene rings is 1. The predicted molar refractivity (Wildman–Crippen MR) is 87.4 cm³/mol. The number of likely N-dealkylation sites (tertiary alicyclic amines) is 1. The Labute approximate surface area is 136 Å². The maximum Gasteiger partial charge on any atom is 0.274 e. The standard InChI is InChI=1S/C14H16N4O.2ClH/c1-15-10-6-7-18(9-10)14(19)13-8-16-11-4-2-3-5-12(11)17-13;;/h2-5,8,10,15H,6-7,9H2,1H3;2*1H. The van der Waals surface area contributed by atoms with Crippen molar-refractivity contribution < 1.29 is 4.79 Å². The van der Waals surface area contributed by atoms with Crippen LogP contribution in [-0.4, -0.2) is 47.0 Å². The zero-order valence-corrected chi connectivity index (χ0v) is 13.3. The number of carbonyl (C=O) groups is 1. The van der Waals surface area contributed by atoms with E-state index in [0.717, 1.165) is 30.5 Å². The van der Waals surface area contributed by atoms with E-state index in [1.165, 1.54) is 0 Å². The number of carbonyl (C=O) groups excluding carboxylic acids is 1. The summed E-state index contributed by atoms with van der Waals surface area (Å²) in [5.41, 5.74) is 2.00. The Morgan fingerprint density at radius 2 is 2.00 bits per heavy atom. The molecule has 1 aliphatic rings. The summed E-state index contributed by atoms with van der Waals surface area (Å²) < 4.78 is 0. The highest BCUT2D eigenvalue weighted by Gasteiger charge is 2.26. The highest BCUT2D eigenvalue weighted by atomic mass is 35.5. The molecular formula is C14H18Cl2N4O. The van der Waals surface area contributed by atoms with Crippen molar-refractivity contribution in [2.75, 3.05) is 20.1 Å². The molecule has 2 aromatic rings. The van der Waals surface area contributed by atoms with E-state index >= 15 is 0 Å². The molecule has 7 heteroatoms. The van der Waals surface area contributed by atoms with E-state index in [1.807, 2.05) is 36.2 Å². The number of hydrogen-bond donors (Lipinski definition) is 1. The fourth-order valence-electron chi connectivity index (χ4n) is 2.40. The highest BCUT2D eigenvalue weighted by Crippen LogP contribution is 2.14. The summed E-state index contributed by atoms with van der Waals surface area (Å²) in [6.07, 6.45) is 2.56. The lowest BCUT2D eigenvalue weighted by Crippen LogP contribution is -2.33. The van der Waals surface area contributed by atoms with E-state index in [9.17, 15) is 4.79 Å². The SMILES string of the molecule is CNC1CCN(C(=O)c2cnc3ccccc3n2)C1.Cl.Cl. The van der Waals surface area contributed by atoms with Gasteiger partial charge < -0.3 is 10.2 Å². The average molecular weight is 329 g/mol. The zero-order valence-electron chi connectivity index (χ0n) is 11.7. The number of para-hydroxylation sites is 2. The van der Waals surface area contributed by atoms with Crippen LogP contribution in [0.5, 0.6) is 0 Å². The summed E-state index contributed by atoms with van der Waals surface area (Å²) in [4.78, 5) is 22.9. The summed E-state index contributed by atoms with van der Waals surface area (Å²) in [5, 5.41) is 3.20. The van der Waals surface area contributed by atoms with Gasteiger partial charge >= 0.3 is 0 Å². The van der Waals surface area contributed by atoms with Gasteiger partial charge in [-0.15, -0.1) is 24.8 Å². The second-order valence-corrected chi connectivity index (χ2v) is 4.77. The molecule has 0 aliphatic carbocycles. The molecule has 1 fully saturated rings. The number of halogens is 2. The molecular weight excluding hydrogens is 311 g/mol. The number of likely N-dealkylation sites (N-methyl/N-ethyl adjacent to an activating group) is 1. The number of aromatic nitrogens is 2. The minimum atomic E-state index is -0.0315. The van der Waals surface area contributed by atoms with Crippen LogP contribution in [0.4, 0.5) is 0 Å². The molecule has 0 saturated carbocycles. The van der Waals surface area contributed by atoms with Gasteiger partial charge in [-0.25, -0.2) is 4.98 Å². The van der Waals surface area contributed by atoms with Gasteiger partial charge in [-0.3, -0.25) is 9.78 Å². The third-order valence-corrected chi connectivity index (χ3v) is 3.55. The van der Waals surface area contributed by atoms with Crippen LogP contribution in [0.15, 0.2) is 30.5 Å². The van der Waals surface area contributed by atoms with Crippen LogP contribution in [-0.2, 0) is 0 Å². The first-order valence-corrected chi connectivity index (χ1v) is 6.46. The van der Waals surface area contributed by atoms with E-state index in [1.54, 1.807) is 6.20 Å². The van der Waals surface area contributed by atoms with Gasteiger partial charge in [0.2, 0.25) is 0 Å². The molecule has 1 aliphatic heterocycles. The van der Waals surface area contributed by atoms with E-state index in [2.05, 4.69) is 15.3 Å². The Bertz CT molecular complexity index is 623. The first-order valence-electron chi connectivity index (χ1n) is 6.46. The van der Waals surface area contributed by atoms with E-state index < -0.39 is 0 Å². The molecule has 1 aromatic heterocycles. The minimum Gasteiger partial charge on any atom is -0.336 e. The quantitative estimate of drug-likeness (QED) is 0.914. The van der Waals surface area contributed by atoms with Crippen molar-refractivity contribution in [2.24, 2.45) is 0 Å². The third kappa shape index (κ3) is 3.61. The lowest BCUT2D eigenvalue weighted by Gasteiger charge is -2.15. The molecule has 3 rings (SSSR count). The largest absolute Gasteiger partial charge is 0.336 e. The second kappa shape index (κ2) is 7.54. The van der Waals surface area contributed by atoms with Gasteiger partial charge in [0.15, 0.2) is 0 Å². The second-order valence-electron chi connectivity index (χ2n) is 4.77. The molecule has 1 unspecified atom stereocenters. The predicted octanol–water partition coefficient (Wildman–Crippen LogP) is 1.91. The van der Waals surface area contributed by atoms with Crippen LogP contribution in [0.1, 0.15) is 16.9 Å². The lowest BCUT2D eigenvalue weighted by atomic mass is 10.3. The monoisotopic (exact) mass is 328 g/mol. The van der Waals surface area contributed by atoms with E-state index in [0.29, 0.717) is 11.7 Å². The lowest BCUT2D eigenvalue weighted by molar-refractivity contribution is 0.0784. The number of fused-ring (bicyclic) bond motifs is 1. The highest BCUT2D eigenvalue weighted by molar-refractivity contribution is 5.94. The van der Waals surface area contributed by atoms with Crippen LogP contribution in [0, 0.1) is 0 Å². The van der Waals surface area contributed by atoms with Crippen molar-refractivity contribution in [3.63, 3.8) is 0 Å². The molecule has 0 spiro atoms. The molecule has 1 saturated heterocycles. The molecule has 1 aromatic carbocycles. The first-order chi connectivity index (χ1) is 9.28. The fraction of sp³-hybridized carbons (Fsp3) is 0.357. The molecule has 1 amide bonds. The molecule has 2 heterocycles. The van der Waals surface area contributed by atoms with E-state index in [4.69, 9.17) is 0 Å². The number of nitrogens with one attached hydrogen (secondary N) is 1. The van der Waals surface area contributed by atoms with Gasteiger partial charge in [-0.1, -0.05) is 12.1 Å². The van der Waals surface area contributed by atoms with Crippen molar-refractivity contribution in [2.45, 2.75) is 12.5 Å². The summed E-state index contributed by atoms with van der Waals surface area (Å²) in [6, 6.07) is 7.97. The summed E-state index contributed by atoms with van der Waals surface area (Å²) in [5.74, 6) is -0.0315. The molecule has 114 valence electrons. The van der Waals surface area contributed by atoms with Crippen molar-refractivity contribution >= 4 is 41.8 Å². The van der Waals surface area contributed by atoms with Gasteiger partial charge in [0, 0.05) is 19.1 Å². The Morgan fingerprint density at radius 1 is 1.29 bits per heavy atom. The molecule has 21 heavy (non-hydrogen) atoms. The Morgan fingerprint density at radius 3 is 2.67 bits per heavy atom. The first kappa shape index (κ1) is 17.6. The molecule has 1 atom stereocenters. The van der Waals surface area contributed by atoms with Crippen LogP contribution in [0.25, 0.3) is 11.0 Å². The Kier molecular flexibility index (Phi) is 6.33.